The summed E-state index contributed by atoms with van der Waals surface area (Å²) in [5.74, 6) is 2.56. The van der Waals surface area contributed by atoms with E-state index in [-0.39, 0.29) is 0 Å². The van der Waals surface area contributed by atoms with Crippen LogP contribution >= 0.6 is 15.9 Å². The highest BCUT2D eigenvalue weighted by molar-refractivity contribution is 9.09. The van der Waals surface area contributed by atoms with Gasteiger partial charge in [-0.1, -0.05) is 41.1 Å². The van der Waals surface area contributed by atoms with E-state index in [9.17, 15) is 0 Å². The molecule has 1 heterocycles. The van der Waals surface area contributed by atoms with Crippen LogP contribution in [0.25, 0.3) is 0 Å². The standard InChI is InChI=1S/C13H15BrO/c1-9-8-15-12-5-3-2-4-11(12)13(9)6-10(13)7-14/h2-5,9-10H,6-8H2,1H3. The first kappa shape index (κ1) is 9.71. The number of ether oxygens (including phenoxy) is 1. The van der Waals surface area contributed by atoms with Crippen LogP contribution < -0.4 is 4.74 Å². The van der Waals surface area contributed by atoms with E-state index in [4.69, 9.17) is 4.74 Å². The number of para-hydroxylation sites is 1. The van der Waals surface area contributed by atoms with Crippen LogP contribution in [0.1, 0.15) is 18.9 Å². The van der Waals surface area contributed by atoms with Crippen LogP contribution in [-0.4, -0.2) is 11.9 Å². The summed E-state index contributed by atoms with van der Waals surface area (Å²) in [4.78, 5) is 0. The number of halogens is 1. The van der Waals surface area contributed by atoms with E-state index in [0.717, 1.165) is 23.6 Å². The molecule has 1 spiro atoms. The summed E-state index contributed by atoms with van der Waals surface area (Å²) in [7, 11) is 0. The topological polar surface area (TPSA) is 9.23 Å². The largest absolute Gasteiger partial charge is 0.493 e. The summed E-state index contributed by atoms with van der Waals surface area (Å²) in [6.07, 6.45) is 1.32. The zero-order valence-electron chi connectivity index (χ0n) is 8.87. The lowest BCUT2D eigenvalue weighted by atomic mass is 9.80. The van der Waals surface area contributed by atoms with Crippen LogP contribution in [-0.2, 0) is 5.41 Å². The van der Waals surface area contributed by atoms with Crippen molar-refractivity contribution in [3.05, 3.63) is 29.8 Å². The molecule has 0 amide bonds. The minimum atomic E-state index is 0.415. The number of rotatable bonds is 1. The van der Waals surface area contributed by atoms with Crippen molar-refractivity contribution in [1.82, 2.24) is 0 Å². The lowest BCUT2D eigenvalue weighted by Crippen LogP contribution is -2.31. The maximum absolute atomic E-state index is 5.79. The summed E-state index contributed by atoms with van der Waals surface area (Å²) >= 11 is 3.63. The molecule has 0 bridgehead atoms. The van der Waals surface area contributed by atoms with Gasteiger partial charge in [-0.05, 0) is 18.4 Å². The first-order valence-electron chi connectivity index (χ1n) is 5.57. The molecule has 80 valence electrons. The Morgan fingerprint density at radius 1 is 1.47 bits per heavy atom. The van der Waals surface area contributed by atoms with Gasteiger partial charge < -0.3 is 4.74 Å². The monoisotopic (exact) mass is 266 g/mol. The zero-order chi connectivity index (χ0) is 10.5. The van der Waals surface area contributed by atoms with Gasteiger partial charge in [0.15, 0.2) is 0 Å². The van der Waals surface area contributed by atoms with Crippen molar-refractivity contribution in [2.45, 2.75) is 18.8 Å². The lowest BCUT2D eigenvalue weighted by molar-refractivity contribution is 0.189. The SMILES string of the molecule is CC1COc2ccccc2C12CC2CBr. The lowest BCUT2D eigenvalue weighted by Gasteiger charge is -2.32. The quantitative estimate of drug-likeness (QED) is 0.709. The fraction of sp³-hybridized carbons (Fsp3) is 0.538. The number of alkyl halides is 1. The van der Waals surface area contributed by atoms with Crippen molar-refractivity contribution in [2.75, 3.05) is 11.9 Å². The van der Waals surface area contributed by atoms with Gasteiger partial charge in [0.25, 0.3) is 0 Å². The molecule has 3 unspecified atom stereocenters. The van der Waals surface area contributed by atoms with Gasteiger partial charge in [-0.25, -0.2) is 0 Å². The summed E-state index contributed by atoms with van der Waals surface area (Å²) in [6, 6.07) is 8.54. The third-order valence-corrected chi connectivity index (χ3v) is 4.88. The predicted molar refractivity (Wildman–Crippen MR) is 64.7 cm³/mol. The Labute approximate surface area is 99.0 Å². The normalized spacial score (nSPS) is 37.2. The molecule has 0 radical (unpaired) electrons. The van der Waals surface area contributed by atoms with E-state index in [1.165, 1.54) is 12.0 Å². The molecule has 2 aliphatic rings. The van der Waals surface area contributed by atoms with Crippen molar-refractivity contribution in [3.63, 3.8) is 0 Å². The summed E-state index contributed by atoms with van der Waals surface area (Å²) in [5.41, 5.74) is 1.85. The minimum Gasteiger partial charge on any atom is -0.493 e. The average Bonchev–Trinajstić information content (AvgIpc) is 3.00. The van der Waals surface area contributed by atoms with E-state index < -0.39 is 0 Å². The van der Waals surface area contributed by atoms with E-state index in [1.54, 1.807) is 0 Å². The van der Waals surface area contributed by atoms with E-state index in [1.807, 2.05) is 0 Å². The van der Waals surface area contributed by atoms with Crippen molar-refractivity contribution >= 4 is 15.9 Å². The number of benzene rings is 1. The van der Waals surface area contributed by atoms with Gasteiger partial charge in [-0.2, -0.15) is 0 Å². The van der Waals surface area contributed by atoms with Gasteiger partial charge in [-0.15, -0.1) is 0 Å². The number of hydrogen-bond acceptors (Lipinski definition) is 1. The number of fused-ring (bicyclic) bond motifs is 2. The molecule has 1 aliphatic heterocycles. The maximum atomic E-state index is 5.79. The summed E-state index contributed by atoms with van der Waals surface area (Å²) in [6.45, 7) is 3.19. The molecule has 3 atom stereocenters. The number of hydrogen-bond donors (Lipinski definition) is 0. The third kappa shape index (κ3) is 1.20. The Bertz CT molecular complexity index is 390. The van der Waals surface area contributed by atoms with Gasteiger partial charge in [-0.3, -0.25) is 0 Å². The molecule has 1 aromatic rings. The second kappa shape index (κ2) is 3.24. The highest BCUT2D eigenvalue weighted by Crippen LogP contribution is 2.63. The van der Waals surface area contributed by atoms with Gasteiger partial charge in [0.1, 0.15) is 5.75 Å². The van der Waals surface area contributed by atoms with Crippen LogP contribution in [0, 0.1) is 11.8 Å². The van der Waals surface area contributed by atoms with E-state index in [2.05, 4.69) is 47.1 Å². The van der Waals surface area contributed by atoms with Gasteiger partial charge in [0.05, 0.1) is 6.61 Å². The van der Waals surface area contributed by atoms with Crippen molar-refractivity contribution in [1.29, 1.82) is 0 Å². The first-order valence-corrected chi connectivity index (χ1v) is 6.69. The van der Waals surface area contributed by atoms with Gasteiger partial charge in [0.2, 0.25) is 0 Å². The molecule has 1 fully saturated rings. The third-order valence-electron chi connectivity index (χ3n) is 4.10. The Kier molecular flexibility index (Phi) is 2.10. The molecule has 1 aromatic carbocycles. The fourth-order valence-electron chi connectivity index (χ4n) is 3.08. The molecule has 0 saturated heterocycles. The Hall–Kier alpha value is -0.500. The van der Waals surface area contributed by atoms with Crippen LogP contribution in [0.5, 0.6) is 5.75 Å². The molecule has 3 rings (SSSR count). The highest BCUT2D eigenvalue weighted by atomic mass is 79.9. The molecule has 1 nitrogen and oxygen atoms in total. The van der Waals surface area contributed by atoms with Crippen molar-refractivity contribution in [3.8, 4) is 5.75 Å². The van der Waals surface area contributed by atoms with Gasteiger partial charge >= 0.3 is 0 Å². The highest BCUT2D eigenvalue weighted by Gasteiger charge is 2.60. The first-order chi connectivity index (χ1) is 7.29. The van der Waals surface area contributed by atoms with E-state index in [0.29, 0.717) is 11.3 Å². The van der Waals surface area contributed by atoms with Crippen LogP contribution in [0.4, 0.5) is 0 Å². The molecule has 0 N–H and O–H groups in total. The Morgan fingerprint density at radius 2 is 2.27 bits per heavy atom. The smallest absolute Gasteiger partial charge is 0.123 e. The summed E-state index contributed by atoms with van der Waals surface area (Å²) < 4.78 is 5.79. The van der Waals surface area contributed by atoms with E-state index >= 15 is 0 Å². The molecule has 1 saturated carbocycles. The predicted octanol–water partition coefficient (Wildman–Crippen LogP) is 3.37. The fourth-order valence-corrected chi connectivity index (χ4v) is 3.89. The molecular weight excluding hydrogens is 252 g/mol. The average molecular weight is 267 g/mol. The van der Waals surface area contributed by atoms with Crippen molar-refractivity contribution in [2.24, 2.45) is 11.8 Å². The molecule has 15 heavy (non-hydrogen) atoms. The van der Waals surface area contributed by atoms with Gasteiger partial charge in [0, 0.05) is 22.2 Å². The second-order valence-corrected chi connectivity index (χ2v) is 5.45. The Balaban J connectivity index is 2.08. The second-order valence-electron chi connectivity index (χ2n) is 4.80. The van der Waals surface area contributed by atoms with Crippen molar-refractivity contribution < 1.29 is 4.74 Å². The molecule has 2 heteroatoms. The molecular formula is C13H15BrO. The minimum absolute atomic E-state index is 0.415. The zero-order valence-corrected chi connectivity index (χ0v) is 10.5. The van der Waals surface area contributed by atoms with Crippen LogP contribution in [0.2, 0.25) is 0 Å². The Morgan fingerprint density at radius 3 is 3.00 bits per heavy atom. The molecule has 0 aromatic heterocycles. The summed E-state index contributed by atoms with van der Waals surface area (Å²) in [5, 5.41) is 1.12. The molecule has 1 aliphatic carbocycles. The maximum Gasteiger partial charge on any atom is 0.123 e. The van der Waals surface area contributed by atoms with Crippen LogP contribution in [0.3, 0.4) is 0 Å². The van der Waals surface area contributed by atoms with Crippen LogP contribution in [0.15, 0.2) is 24.3 Å².